The van der Waals surface area contributed by atoms with Crippen molar-refractivity contribution in [2.45, 2.75) is 12.8 Å². The van der Waals surface area contributed by atoms with Crippen molar-refractivity contribution in [3.63, 3.8) is 0 Å². The third kappa shape index (κ3) is 5.17. The second-order valence-corrected chi connectivity index (χ2v) is 8.54. The average Bonchev–Trinajstić information content (AvgIpc) is 3.63. The third-order valence-corrected chi connectivity index (χ3v) is 6.11. The fourth-order valence-electron chi connectivity index (χ4n) is 4.21. The third-order valence-electron chi connectivity index (χ3n) is 6.11. The highest BCUT2D eigenvalue weighted by Gasteiger charge is 2.15. The van der Waals surface area contributed by atoms with Gasteiger partial charge in [0, 0.05) is 40.2 Å². The summed E-state index contributed by atoms with van der Waals surface area (Å²) in [5.74, 6) is 1.08. The lowest BCUT2D eigenvalue weighted by Crippen LogP contribution is -2.04. The molecule has 3 aromatic carbocycles. The van der Waals surface area contributed by atoms with Crippen LogP contribution in [0.3, 0.4) is 0 Å². The van der Waals surface area contributed by atoms with Gasteiger partial charge in [-0.15, -0.1) is 0 Å². The molecule has 0 fully saturated rings. The number of nitrogens with one attached hydrogen (secondary N) is 2. The number of ether oxygens (including phenoxy) is 2. The van der Waals surface area contributed by atoms with E-state index in [1.807, 2.05) is 36.4 Å². The number of aromatic nitrogens is 3. The first-order valence-electron chi connectivity index (χ1n) is 11.9. The van der Waals surface area contributed by atoms with Gasteiger partial charge in [-0.2, -0.15) is 0 Å². The number of H-pyrrole nitrogens is 2. The van der Waals surface area contributed by atoms with Crippen LogP contribution in [0.15, 0.2) is 84.3 Å². The predicted molar refractivity (Wildman–Crippen MR) is 142 cm³/mol. The summed E-state index contributed by atoms with van der Waals surface area (Å²) in [7, 11) is 1.35. The minimum absolute atomic E-state index is 0.205. The molecule has 9 nitrogen and oxygen atoms in total. The molecule has 190 valence electrons. The van der Waals surface area contributed by atoms with Crippen LogP contribution in [-0.2, 0) is 16.0 Å². The number of carbonyl (C=O) groups excluding carboxylic acids is 2. The van der Waals surface area contributed by atoms with Crippen LogP contribution in [-0.4, -0.2) is 45.2 Å². The molecule has 0 saturated carbocycles. The fourth-order valence-corrected chi connectivity index (χ4v) is 4.21. The summed E-state index contributed by atoms with van der Waals surface area (Å²) < 4.78 is 10.8. The van der Waals surface area contributed by atoms with Crippen LogP contribution < -0.4 is 4.74 Å². The van der Waals surface area contributed by atoms with Gasteiger partial charge in [-0.25, -0.2) is 4.98 Å². The highest BCUT2D eigenvalue weighted by molar-refractivity contribution is 6.08. The summed E-state index contributed by atoms with van der Waals surface area (Å²) in [5.41, 5.74) is 3.97. The number of aromatic amines is 2. The Kier molecular flexibility index (Phi) is 6.99. The van der Waals surface area contributed by atoms with Gasteiger partial charge in [0.05, 0.1) is 19.5 Å². The zero-order valence-electron chi connectivity index (χ0n) is 20.5. The number of methoxy groups -OCH3 is 1. The van der Waals surface area contributed by atoms with Crippen molar-refractivity contribution in [2.24, 2.45) is 5.16 Å². The van der Waals surface area contributed by atoms with E-state index >= 15 is 0 Å². The smallest absolute Gasteiger partial charge is 0.305 e. The highest BCUT2D eigenvalue weighted by Crippen LogP contribution is 2.32. The van der Waals surface area contributed by atoms with E-state index in [0.29, 0.717) is 40.6 Å². The number of ketones is 1. The summed E-state index contributed by atoms with van der Waals surface area (Å²) >= 11 is 0. The minimum atomic E-state index is -0.297. The lowest BCUT2D eigenvalue weighted by atomic mass is 10.0. The molecule has 0 atom stereocenters. The Bertz CT molecular complexity index is 1650. The maximum atomic E-state index is 13.1. The molecule has 5 aromatic rings. The number of rotatable bonds is 9. The van der Waals surface area contributed by atoms with E-state index in [4.69, 9.17) is 14.7 Å². The van der Waals surface area contributed by atoms with Gasteiger partial charge in [-0.1, -0.05) is 35.5 Å². The molecule has 38 heavy (non-hydrogen) atoms. The summed E-state index contributed by atoms with van der Waals surface area (Å²) in [4.78, 5) is 35.2. The van der Waals surface area contributed by atoms with Crippen LogP contribution in [0.5, 0.6) is 11.5 Å². The van der Waals surface area contributed by atoms with E-state index in [2.05, 4.69) is 20.1 Å². The number of hydrogen-bond donors (Lipinski definition) is 3. The van der Waals surface area contributed by atoms with Crippen LogP contribution in [0.2, 0.25) is 0 Å². The van der Waals surface area contributed by atoms with Gasteiger partial charge in [0.25, 0.3) is 0 Å². The van der Waals surface area contributed by atoms with Crippen molar-refractivity contribution >= 4 is 28.9 Å². The minimum Gasteiger partial charge on any atom is -0.469 e. The first kappa shape index (κ1) is 24.5. The van der Waals surface area contributed by atoms with Gasteiger partial charge < -0.3 is 24.6 Å². The van der Waals surface area contributed by atoms with Crippen molar-refractivity contribution in [1.82, 2.24) is 15.0 Å². The lowest BCUT2D eigenvalue weighted by molar-refractivity contribution is -0.140. The summed E-state index contributed by atoms with van der Waals surface area (Å²) in [5, 5.41) is 13.2. The predicted octanol–water partition coefficient (Wildman–Crippen LogP) is 5.50. The van der Waals surface area contributed by atoms with Gasteiger partial charge >= 0.3 is 5.97 Å². The molecule has 0 aliphatic heterocycles. The van der Waals surface area contributed by atoms with E-state index in [-0.39, 0.29) is 18.2 Å². The SMILES string of the molecule is COC(=O)CCc1cccc(C(=O)c2cnc(-c3cccc(Oc4ccc5[nH]ccc5c4C=NO)c3)[nH]2)c1. The fraction of sp³-hybridized carbons (Fsp3) is 0.103. The second kappa shape index (κ2) is 10.8. The van der Waals surface area contributed by atoms with Crippen molar-refractivity contribution in [3.05, 3.63) is 102 Å². The maximum Gasteiger partial charge on any atom is 0.305 e. The Hall–Kier alpha value is -5.18. The number of hydrogen-bond acceptors (Lipinski definition) is 7. The molecule has 5 rings (SSSR count). The lowest BCUT2D eigenvalue weighted by Gasteiger charge is -2.10. The van der Waals surface area contributed by atoms with Gasteiger partial charge in [0.2, 0.25) is 5.78 Å². The summed E-state index contributed by atoms with van der Waals surface area (Å²) in [6, 6.07) is 20.0. The molecule has 0 bridgehead atoms. The van der Waals surface area contributed by atoms with Crippen molar-refractivity contribution in [3.8, 4) is 22.9 Å². The first-order chi connectivity index (χ1) is 18.6. The van der Waals surface area contributed by atoms with E-state index < -0.39 is 0 Å². The van der Waals surface area contributed by atoms with Crippen LogP contribution in [0.4, 0.5) is 0 Å². The summed E-state index contributed by atoms with van der Waals surface area (Å²) in [6.45, 7) is 0. The second-order valence-electron chi connectivity index (χ2n) is 8.54. The van der Waals surface area contributed by atoms with Gasteiger partial charge in [-0.3, -0.25) is 9.59 Å². The van der Waals surface area contributed by atoms with Crippen LogP contribution >= 0.6 is 0 Å². The van der Waals surface area contributed by atoms with E-state index in [1.54, 1.807) is 36.5 Å². The Morgan fingerprint density at radius 3 is 2.79 bits per heavy atom. The quantitative estimate of drug-likeness (QED) is 0.0793. The van der Waals surface area contributed by atoms with E-state index in [0.717, 1.165) is 22.0 Å². The molecule has 0 saturated heterocycles. The molecule has 9 heteroatoms. The monoisotopic (exact) mass is 508 g/mol. The molecule has 0 amide bonds. The Morgan fingerprint density at radius 1 is 1.08 bits per heavy atom. The molecule has 3 N–H and O–H groups in total. The molecule has 2 heterocycles. The van der Waals surface area contributed by atoms with Gasteiger partial charge in [-0.05, 0) is 48.4 Å². The molecule has 0 unspecified atom stereocenters. The number of benzene rings is 3. The Labute approximate surface area is 217 Å². The normalized spacial score (nSPS) is 11.2. The van der Waals surface area contributed by atoms with Crippen LogP contribution in [0, 0.1) is 0 Å². The number of esters is 1. The average molecular weight is 509 g/mol. The Morgan fingerprint density at radius 2 is 1.95 bits per heavy atom. The molecule has 0 spiro atoms. The Balaban J connectivity index is 1.36. The standard InChI is InChI=1S/C29H24N4O5/c1-37-27(34)11-8-18-4-2-5-19(14-18)28(35)25-17-31-29(33-25)20-6-3-7-21(15-20)38-26-10-9-24-22(12-13-30-24)23(26)16-32-36/h2-7,9-10,12-17,30,36H,8,11H2,1H3,(H,31,33). The largest absolute Gasteiger partial charge is 0.469 e. The number of nitrogens with zero attached hydrogens (tertiary/aromatic N) is 2. The molecule has 0 aliphatic carbocycles. The highest BCUT2D eigenvalue weighted by atomic mass is 16.5. The van der Waals surface area contributed by atoms with Crippen molar-refractivity contribution in [2.75, 3.05) is 7.11 Å². The number of oxime groups is 1. The van der Waals surface area contributed by atoms with Crippen LogP contribution in [0.1, 0.15) is 33.6 Å². The van der Waals surface area contributed by atoms with Gasteiger partial charge in [0.15, 0.2) is 0 Å². The van der Waals surface area contributed by atoms with Crippen molar-refractivity contribution < 1.29 is 24.3 Å². The van der Waals surface area contributed by atoms with Gasteiger partial charge in [0.1, 0.15) is 23.0 Å². The summed E-state index contributed by atoms with van der Waals surface area (Å²) in [6.07, 6.45) is 5.37. The van der Waals surface area contributed by atoms with Crippen LogP contribution in [0.25, 0.3) is 22.3 Å². The van der Waals surface area contributed by atoms with E-state index in [9.17, 15) is 9.59 Å². The number of fused-ring (bicyclic) bond motifs is 1. The first-order valence-corrected chi connectivity index (χ1v) is 11.9. The van der Waals surface area contributed by atoms with E-state index in [1.165, 1.54) is 19.5 Å². The zero-order chi connectivity index (χ0) is 26.5. The molecule has 2 aromatic heterocycles. The molecular weight excluding hydrogens is 484 g/mol. The number of imidazole rings is 1. The topological polar surface area (TPSA) is 130 Å². The molecular formula is C29H24N4O5. The maximum absolute atomic E-state index is 13.1. The number of carbonyl (C=O) groups is 2. The molecule has 0 aliphatic rings. The van der Waals surface area contributed by atoms with Crippen molar-refractivity contribution in [1.29, 1.82) is 0 Å². The molecule has 0 radical (unpaired) electrons. The zero-order valence-corrected chi connectivity index (χ0v) is 20.5. The number of aryl methyl sites for hydroxylation is 1.